The molecule has 5 heteroatoms. The molecule has 0 saturated heterocycles. The largest absolute Gasteiger partial charge is 1.00 e. The monoisotopic (exact) mass is 420 g/mol. The molecule has 1 amide bonds. The van der Waals surface area contributed by atoms with Gasteiger partial charge in [0.25, 0.3) is 5.91 Å². The maximum absolute atomic E-state index is 12.4. The van der Waals surface area contributed by atoms with Gasteiger partial charge in [-0.15, -0.1) is 0 Å². The molecule has 0 bridgehead atoms. The highest BCUT2D eigenvalue weighted by molar-refractivity contribution is 6.31. The Morgan fingerprint density at radius 3 is 2.32 bits per heavy atom. The first-order valence-electron chi connectivity index (χ1n) is 9.84. The minimum Gasteiger partial charge on any atom is -1.00 e. The van der Waals surface area contributed by atoms with Crippen molar-refractivity contribution in [3.05, 3.63) is 64.2 Å². The van der Waals surface area contributed by atoms with Crippen molar-refractivity contribution in [2.75, 3.05) is 19.4 Å². The summed E-state index contributed by atoms with van der Waals surface area (Å²) in [6.45, 7) is 2.95. The van der Waals surface area contributed by atoms with Crippen LogP contribution in [0.2, 0.25) is 5.02 Å². The van der Waals surface area contributed by atoms with Crippen molar-refractivity contribution in [2.24, 2.45) is 0 Å². The first-order valence-corrected chi connectivity index (χ1v) is 10.2. The molecule has 2 aromatic rings. The summed E-state index contributed by atoms with van der Waals surface area (Å²) in [5, 5.41) is 3.57. The number of quaternary nitrogens is 1. The van der Waals surface area contributed by atoms with Crippen molar-refractivity contribution in [3.8, 4) is 0 Å². The zero-order valence-electron chi connectivity index (χ0n) is 17.0. The standard InChI is InChI=1S/C23H29ClN2O.ClH/c1-17-9-12-19(15-22(17)24)23(27)25-20-13-10-18(11-14-20)16-26(2,3)21-7-5-4-6-8-21;/h9-15,21H,4-8,16H2,1-3H3;1H. The zero-order chi connectivity index (χ0) is 19.4. The second kappa shape index (κ2) is 9.78. The number of benzene rings is 2. The highest BCUT2D eigenvalue weighted by Gasteiger charge is 2.29. The molecule has 28 heavy (non-hydrogen) atoms. The lowest BCUT2D eigenvalue weighted by Crippen LogP contribution is -3.00. The predicted octanol–water partition coefficient (Wildman–Crippen LogP) is 2.81. The highest BCUT2D eigenvalue weighted by Crippen LogP contribution is 2.28. The summed E-state index contributed by atoms with van der Waals surface area (Å²) >= 11 is 6.13. The Balaban J connectivity index is 0.00000280. The van der Waals surface area contributed by atoms with E-state index in [9.17, 15) is 4.79 Å². The van der Waals surface area contributed by atoms with E-state index in [1.807, 2.05) is 25.1 Å². The van der Waals surface area contributed by atoms with Crippen LogP contribution in [0.1, 0.15) is 53.6 Å². The van der Waals surface area contributed by atoms with Crippen LogP contribution in [0.5, 0.6) is 0 Å². The van der Waals surface area contributed by atoms with Gasteiger partial charge < -0.3 is 22.2 Å². The topological polar surface area (TPSA) is 29.1 Å². The van der Waals surface area contributed by atoms with Crippen LogP contribution < -0.4 is 17.7 Å². The number of aryl methyl sites for hydroxylation is 1. The van der Waals surface area contributed by atoms with E-state index in [0.717, 1.165) is 28.3 Å². The number of hydrogen-bond donors (Lipinski definition) is 1. The number of hydrogen-bond acceptors (Lipinski definition) is 1. The van der Waals surface area contributed by atoms with Crippen molar-refractivity contribution >= 4 is 23.2 Å². The predicted molar refractivity (Wildman–Crippen MR) is 113 cm³/mol. The van der Waals surface area contributed by atoms with Crippen LogP contribution in [0, 0.1) is 6.92 Å². The van der Waals surface area contributed by atoms with E-state index in [4.69, 9.17) is 11.6 Å². The van der Waals surface area contributed by atoms with E-state index in [1.54, 1.807) is 12.1 Å². The third kappa shape index (κ3) is 5.73. The molecule has 0 unspecified atom stereocenters. The second-order valence-electron chi connectivity index (χ2n) is 8.34. The van der Waals surface area contributed by atoms with Gasteiger partial charge in [0.1, 0.15) is 6.54 Å². The number of carbonyl (C=O) groups excluding carboxylic acids is 1. The zero-order valence-corrected chi connectivity index (χ0v) is 18.5. The van der Waals surface area contributed by atoms with Crippen LogP contribution in [0.25, 0.3) is 0 Å². The molecular formula is C23H30Cl2N2O. The molecule has 0 radical (unpaired) electrons. The summed E-state index contributed by atoms with van der Waals surface area (Å²) in [6.07, 6.45) is 6.78. The van der Waals surface area contributed by atoms with Gasteiger partial charge >= 0.3 is 0 Å². The molecule has 1 fully saturated rings. The number of halogens is 2. The van der Waals surface area contributed by atoms with Gasteiger partial charge in [0.05, 0.1) is 20.1 Å². The van der Waals surface area contributed by atoms with E-state index >= 15 is 0 Å². The lowest BCUT2D eigenvalue weighted by atomic mass is 9.92. The summed E-state index contributed by atoms with van der Waals surface area (Å²) in [4.78, 5) is 12.4. The van der Waals surface area contributed by atoms with Crippen molar-refractivity contribution in [1.29, 1.82) is 0 Å². The van der Waals surface area contributed by atoms with Gasteiger partial charge in [-0.25, -0.2) is 0 Å². The van der Waals surface area contributed by atoms with Crippen LogP contribution in [-0.2, 0) is 6.54 Å². The third-order valence-electron chi connectivity index (χ3n) is 5.80. The van der Waals surface area contributed by atoms with Crippen LogP contribution in [0.4, 0.5) is 5.69 Å². The molecule has 0 aromatic heterocycles. The summed E-state index contributed by atoms with van der Waals surface area (Å²) in [5.41, 5.74) is 3.66. The fourth-order valence-corrected chi connectivity index (χ4v) is 4.19. The van der Waals surface area contributed by atoms with E-state index in [2.05, 4.69) is 31.5 Å². The fraction of sp³-hybridized carbons (Fsp3) is 0.435. The van der Waals surface area contributed by atoms with Crippen LogP contribution in [0.3, 0.4) is 0 Å². The van der Waals surface area contributed by atoms with Gasteiger partial charge in [-0.2, -0.15) is 0 Å². The third-order valence-corrected chi connectivity index (χ3v) is 6.21. The molecular weight excluding hydrogens is 391 g/mol. The van der Waals surface area contributed by atoms with Crippen molar-refractivity contribution in [1.82, 2.24) is 0 Å². The van der Waals surface area contributed by atoms with Gasteiger partial charge in [-0.05, 0) is 62.4 Å². The lowest BCUT2D eigenvalue weighted by molar-refractivity contribution is -0.929. The highest BCUT2D eigenvalue weighted by atomic mass is 35.5. The average molecular weight is 421 g/mol. The van der Waals surface area contributed by atoms with Crippen LogP contribution in [-0.4, -0.2) is 30.5 Å². The molecule has 3 rings (SSSR count). The quantitative estimate of drug-likeness (QED) is 0.740. The molecule has 1 saturated carbocycles. The van der Waals surface area contributed by atoms with Crippen LogP contribution >= 0.6 is 11.6 Å². The number of carbonyl (C=O) groups is 1. The van der Waals surface area contributed by atoms with Crippen molar-refractivity contribution < 1.29 is 21.7 Å². The Labute approximate surface area is 180 Å². The maximum Gasteiger partial charge on any atom is 0.255 e. The van der Waals surface area contributed by atoms with E-state index in [0.29, 0.717) is 10.6 Å². The number of amides is 1. The van der Waals surface area contributed by atoms with E-state index in [1.165, 1.54) is 37.7 Å². The summed E-state index contributed by atoms with van der Waals surface area (Å²) in [6, 6.07) is 14.4. The Morgan fingerprint density at radius 1 is 1.07 bits per heavy atom. The number of rotatable bonds is 5. The maximum atomic E-state index is 12.4. The average Bonchev–Trinajstić information content (AvgIpc) is 2.66. The summed E-state index contributed by atoms with van der Waals surface area (Å²) in [7, 11) is 4.68. The molecule has 0 heterocycles. The van der Waals surface area contributed by atoms with Gasteiger partial charge in [0.15, 0.2) is 0 Å². The molecule has 0 atom stereocenters. The number of nitrogens with zero attached hydrogens (tertiary/aromatic N) is 1. The molecule has 2 aromatic carbocycles. The minimum absolute atomic E-state index is 0. The molecule has 1 aliphatic rings. The smallest absolute Gasteiger partial charge is 0.255 e. The Kier molecular flexibility index (Phi) is 7.94. The molecule has 1 N–H and O–H groups in total. The van der Waals surface area contributed by atoms with E-state index < -0.39 is 0 Å². The molecule has 3 nitrogen and oxygen atoms in total. The molecule has 1 aliphatic carbocycles. The number of anilines is 1. The Bertz CT molecular complexity index is 797. The minimum atomic E-state index is -0.136. The second-order valence-corrected chi connectivity index (χ2v) is 8.75. The van der Waals surface area contributed by atoms with Crippen molar-refractivity contribution in [3.63, 3.8) is 0 Å². The van der Waals surface area contributed by atoms with Gasteiger partial charge in [-0.1, -0.05) is 36.2 Å². The van der Waals surface area contributed by atoms with Crippen LogP contribution in [0.15, 0.2) is 42.5 Å². The Morgan fingerprint density at radius 2 is 1.71 bits per heavy atom. The lowest BCUT2D eigenvalue weighted by Gasteiger charge is -2.40. The first kappa shape index (κ1) is 22.7. The summed E-state index contributed by atoms with van der Waals surface area (Å²) in [5.74, 6) is -0.136. The SMILES string of the molecule is Cc1ccc(C(=O)Nc2ccc(C[N+](C)(C)C3CCCCC3)cc2)cc1Cl.[Cl-]. The van der Waals surface area contributed by atoms with E-state index in [-0.39, 0.29) is 18.3 Å². The van der Waals surface area contributed by atoms with Crippen molar-refractivity contribution in [2.45, 2.75) is 51.6 Å². The summed E-state index contributed by atoms with van der Waals surface area (Å²) < 4.78 is 1.04. The fourth-order valence-electron chi connectivity index (χ4n) is 4.01. The molecule has 0 spiro atoms. The number of nitrogens with one attached hydrogen (secondary N) is 1. The van der Waals surface area contributed by atoms with Gasteiger partial charge in [-0.3, -0.25) is 4.79 Å². The Hall–Kier alpha value is -1.55. The first-order chi connectivity index (χ1) is 12.8. The molecule has 152 valence electrons. The van der Waals surface area contributed by atoms with Gasteiger partial charge in [0.2, 0.25) is 0 Å². The van der Waals surface area contributed by atoms with Gasteiger partial charge in [0, 0.05) is 21.8 Å². The normalized spacial score (nSPS) is 15.0. The molecule has 0 aliphatic heterocycles.